The molecular weight excluding hydrogens is 268 g/mol. The molecule has 0 saturated carbocycles. The topological polar surface area (TPSA) is 64.9 Å². The van der Waals surface area contributed by atoms with Crippen LogP contribution in [-0.4, -0.2) is 11.0 Å². The van der Waals surface area contributed by atoms with Gasteiger partial charge in [-0.2, -0.15) is 0 Å². The second kappa shape index (κ2) is 8.65. The van der Waals surface area contributed by atoms with Crippen LogP contribution in [0.4, 0.5) is 5.82 Å². The number of hydrogen-bond donors (Lipinski definition) is 2. The Morgan fingerprint density at radius 3 is 2.62 bits per heavy atom. The summed E-state index contributed by atoms with van der Waals surface area (Å²) in [5, 5.41) is 0.610. The van der Waals surface area contributed by atoms with Gasteiger partial charge in [0.1, 0.15) is 5.82 Å². The number of rotatable bonds is 3. The number of anilines is 1. The molecule has 4 N–H and O–H groups in total. The molecule has 0 aliphatic rings. The smallest absolute Gasteiger partial charge is 0.124 e. The summed E-state index contributed by atoms with van der Waals surface area (Å²) in [7, 11) is 0. The van der Waals surface area contributed by atoms with Crippen molar-refractivity contribution in [2.75, 3.05) is 5.73 Å². The molecule has 0 saturated heterocycles. The van der Waals surface area contributed by atoms with Crippen molar-refractivity contribution in [1.29, 1.82) is 0 Å². The Morgan fingerprint density at radius 1 is 1.50 bits per heavy atom. The van der Waals surface area contributed by atoms with Gasteiger partial charge >= 0.3 is 0 Å². The van der Waals surface area contributed by atoms with Crippen LogP contribution in [-0.2, 0) is 0 Å². The van der Waals surface area contributed by atoms with Gasteiger partial charge in [0.25, 0.3) is 0 Å². The van der Waals surface area contributed by atoms with Gasteiger partial charge in [-0.15, -0.1) is 24.8 Å². The molecule has 92 valence electrons. The third kappa shape index (κ3) is 6.18. The van der Waals surface area contributed by atoms with Crippen molar-refractivity contribution in [3.05, 3.63) is 28.9 Å². The van der Waals surface area contributed by atoms with Crippen LogP contribution < -0.4 is 11.5 Å². The predicted octanol–water partition coefficient (Wildman–Crippen LogP) is 2.91. The first-order chi connectivity index (χ1) is 6.59. The average Bonchev–Trinajstić information content (AvgIpc) is 2.08. The summed E-state index contributed by atoms with van der Waals surface area (Å²) in [4.78, 5) is 3.95. The maximum Gasteiger partial charge on any atom is 0.124 e. The van der Waals surface area contributed by atoms with Gasteiger partial charge in [-0.05, 0) is 19.4 Å². The first-order valence-electron chi connectivity index (χ1n) is 4.42. The third-order valence-corrected chi connectivity index (χ3v) is 2.04. The molecule has 0 amide bonds. The quantitative estimate of drug-likeness (QED) is 0.897. The number of pyridine rings is 1. The van der Waals surface area contributed by atoms with Gasteiger partial charge in [-0.25, -0.2) is 4.98 Å². The minimum atomic E-state index is 0. The van der Waals surface area contributed by atoms with Crippen molar-refractivity contribution >= 4 is 48.3 Å². The first-order valence-corrected chi connectivity index (χ1v) is 4.80. The Hall–Kier alpha value is -0.480. The van der Waals surface area contributed by atoms with E-state index in [2.05, 4.69) is 4.98 Å². The highest BCUT2D eigenvalue weighted by molar-refractivity contribution is 6.32. The van der Waals surface area contributed by atoms with E-state index in [1.807, 2.05) is 19.1 Å². The molecule has 1 aromatic heterocycles. The fourth-order valence-electron chi connectivity index (χ4n) is 0.988. The normalized spacial score (nSPS) is 11.7. The SMILES string of the molecule is C[C@H](N)C/C=C/c1cnc(N)cc1Cl.Cl.Cl. The molecule has 1 heterocycles. The third-order valence-electron chi connectivity index (χ3n) is 1.71. The summed E-state index contributed by atoms with van der Waals surface area (Å²) >= 11 is 5.94. The highest BCUT2D eigenvalue weighted by atomic mass is 35.5. The van der Waals surface area contributed by atoms with E-state index in [1.54, 1.807) is 12.3 Å². The second-order valence-electron chi connectivity index (χ2n) is 3.25. The molecule has 6 heteroatoms. The molecule has 1 aromatic rings. The lowest BCUT2D eigenvalue weighted by Gasteiger charge is -2.00. The molecule has 0 unspecified atom stereocenters. The molecule has 0 aliphatic heterocycles. The van der Waals surface area contributed by atoms with Crippen molar-refractivity contribution in [2.45, 2.75) is 19.4 Å². The summed E-state index contributed by atoms with van der Waals surface area (Å²) in [5.74, 6) is 0.430. The van der Waals surface area contributed by atoms with Gasteiger partial charge in [0.05, 0.1) is 5.02 Å². The van der Waals surface area contributed by atoms with Crippen LogP contribution in [0.3, 0.4) is 0 Å². The van der Waals surface area contributed by atoms with Crippen molar-refractivity contribution in [3.8, 4) is 0 Å². The number of aromatic nitrogens is 1. The number of halogens is 3. The summed E-state index contributed by atoms with van der Waals surface area (Å²) in [5.41, 5.74) is 11.9. The molecule has 1 atom stereocenters. The molecule has 3 nitrogen and oxygen atoms in total. The fraction of sp³-hybridized carbons (Fsp3) is 0.300. The number of nitrogen functional groups attached to an aromatic ring is 1. The maximum atomic E-state index is 5.94. The van der Waals surface area contributed by atoms with Crippen LogP contribution in [0.2, 0.25) is 5.02 Å². The number of nitrogens with zero attached hydrogens (tertiary/aromatic N) is 1. The summed E-state index contributed by atoms with van der Waals surface area (Å²) < 4.78 is 0. The standard InChI is InChI=1S/C10H14ClN3.2ClH/c1-7(12)3-2-4-8-6-14-10(13)5-9(8)11;;/h2,4-7H,3,12H2,1H3,(H2,13,14);2*1H/b4-2+;;/t7-;;/m0../s1. The highest BCUT2D eigenvalue weighted by Crippen LogP contribution is 2.18. The number of nitrogens with two attached hydrogens (primary N) is 2. The van der Waals surface area contributed by atoms with Gasteiger partial charge in [0, 0.05) is 17.8 Å². The molecule has 0 aromatic carbocycles. The van der Waals surface area contributed by atoms with E-state index >= 15 is 0 Å². The van der Waals surface area contributed by atoms with Crippen LogP contribution >= 0.6 is 36.4 Å². The van der Waals surface area contributed by atoms with Gasteiger partial charge in [-0.3, -0.25) is 0 Å². The minimum Gasteiger partial charge on any atom is -0.384 e. The molecule has 1 rings (SSSR count). The van der Waals surface area contributed by atoms with E-state index in [1.165, 1.54) is 0 Å². The molecular formula is C10H16Cl3N3. The Kier molecular flexibility index (Phi) is 9.67. The molecule has 0 spiro atoms. The van der Waals surface area contributed by atoms with E-state index in [0.29, 0.717) is 10.8 Å². The highest BCUT2D eigenvalue weighted by Gasteiger charge is 1.97. The predicted molar refractivity (Wildman–Crippen MR) is 75.5 cm³/mol. The summed E-state index contributed by atoms with van der Waals surface area (Å²) in [6.07, 6.45) is 6.35. The lowest BCUT2D eigenvalue weighted by Crippen LogP contribution is -2.12. The number of hydrogen-bond acceptors (Lipinski definition) is 3. The Bertz CT molecular complexity index is 340. The molecule has 16 heavy (non-hydrogen) atoms. The van der Waals surface area contributed by atoms with Gasteiger partial charge in [0.15, 0.2) is 0 Å². The van der Waals surface area contributed by atoms with Crippen molar-refractivity contribution in [2.24, 2.45) is 5.73 Å². The van der Waals surface area contributed by atoms with E-state index in [9.17, 15) is 0 Å². The van der Waals surface area contributed by atoms with Gasteiger partial charge in [-0.1, -0.05) is 23.8 Å². The molecule has 0 bridgehead atoms. The Labute approximate surface area is 113 Å². The second-order valence-corrected chi connectivity index (χ2v) is 3.65. The van der Waals surface area contributed by atoms with Gasteiger partial charge < -0.3 is 11.5 Å². The first kappa shape index (κ1) is 17.9. The van der Waals surface area contributed by atoms with Crippen LogP contribution in [0.5, 0.6) is 0 Å². The van der Waals surface area contributed by atoms with Crippen LogP contribution in [0.25, 0.3) is 6.08 Å². The van der Waals surface area contributed by atoms with Crippen molar-refractivity contribution in [1.82, 2.24) is 4.98 Å². The largest absolute Gasteiger partial charge is 0.384 e. The van der Waals surface area contributed by atoms with E-state index < -0.39 is 0 Å². The van der Waals surface area contributed by atoms with Crippen LogP contribution in [0.15, 0.2) is 18.3 Å². The average molecular weight is 285 g/mol. The zero-order valence-corrected chi connectivity index (χ0v) is 11.3. The van der Waals surface area contributed by atoms with Crippen LogP contribution in [0, 0.1) is 0 Å². The van der Waals surface area contributed by atoms with Crippen molar-refractivity contribution in [3.63, 3.8) is 0 Å². The molecule has 0 aliphatic carbocycles. The summed E-state index contributed by atoms with van der Waals surface area (Å²) in [6, 6.07) is 1.79. The summed E-state index contributed by atoms with van der Waals surface area (Å²) in [6.45, 7) is 1.95. The fourth-order valence-corrected chi connectivity index (χ4v) is 1.21. The zero-order valence-electron chi connectivity index (χ0n) is 8.89. The monoisotopic (exact) mass is 283 g/mol. The Morgan fingerprint density at radius 2 is 2.12 bits per heavy atom. The van der Waals surface area contributed by atoms with Crippen LogP contribution in [0.1, 0.15) is 18.9 Å². The van der Waals surface area contributed by atoms with E-state index in [-0.39, 0.29) is 30.9 Å². The Balaban J connectivity index is 0. The van der Waals surface area contributed by atoms with Crippen molar-refractivity contribution < 1.29 is 0 Å². The molecule has 0 radical (unpaired) electrons. The maximum absolute atomic E-state index is 5.94. The minimum absolute atomic E-state index is 0. The lowest BCUT2D eigenvalue weighted by molar-refractivity contribution is 0.759. The van der Waals surface area contributed by atoms with E-state index in [4.69, 9.17) is 23.1 Å². The van der Waals surface area contributed by atoms with E-state index in [0.717, 1.165) is 12.0 Å². The molecule has 0 fully saturated rings. The van der Waals surface area contributed by atoms with Gasteiger partial charge in [0.2, 0.25) is 0 Å². The lowest BCUT2D eigenvalue weighted by atomic mass is 10.2. The zero-order chi connectivity index (χ0) is 10.6.